The zero-order chi connectivity index (χ0) is 18.8. The van der Waals surface area contributed by atoms with Gasteiger partial charge in [0.1, 0.15) is 16.9 Å². The van der Waals surface area contributed by atoms with Gasteiger partial charge in [-0.25, -0.2) is 15.0 Å². The molecule has 1 aliphatic rings. The first-order valence-corrected chi connectivity index (χ1v) is 10.0. The standard InChI is InChI=1S/C20H23N5OS/c1-13(26-3)20-22-15(12-27-20)11-25(2)19-16-5-4-6-17(16)23-18(24-19)14-7-9-21-10-8-14/h7-10,12-13H,4-6,11H2,1-3H3. The van der Waals surface area contributed by atoms with Gasteiger partial charge in [0.2, 0.25) is 0 Å². The summed E-state index contributed by atoms with van der Waals surface area (Å²) in [7, 11) is 3.79. The molecular formula is C20H23N5OS. The van der Waals surface area contributed by atoms with Crippen LogP contribution in [0.1, 0.15) is 41.4 Å². The third-order valence-electron chi connectivity index (χ3n) is 4.88. The van der Waals surface area contributed by atoms with E-state index < -0.39 is 0 Å². The smallest absolute Gasteiger partial charge is 0.161 e. The van der Waals surface area contributed by atoms with Gasteiger partial charge in [0.15, 0.2) is 5.82 Å². The molecule has 4 rings (SSSR count). The number of pyridine rings is 1. The average Bonchev–Trinajstić information content (AvgIpc) is 3.36. The third-order valence-corrected chi connectivity index (χ3v) is 5.94. The number of thiazole rings is 1. The molecule has 0 bridgehead atoms. The summed E-state index contributed by atoms with van der Waals surface area (Å²) in [5.74, 6) is 1.78. The first-order valence-electron chi connectivity index (χ1n) is 9.14. The molecule has 3 heterocycles. The Bertz CT molecular complexity index is 927. The minimum Gasteiger partial charge on any atom is -0.375 e. The molecule has 0 fully saturated rings. The molecule has 3 aromatic heterocycles. The fourth-order valence-corrected chi connectivity index (χ4v) is 4.20. The molecule has 140 valence electrons. The number of hydrogen-bond acceptors (Lipinski definition) is 7. The van der Waals surface area contributed by atoms with E-state index in [0.29, 0.717) is 6.54 Å². The molecule has 1 atom stereocenters. The minimum absolute atomic E-state index is 0.0237. The number of aryl methyl sites for hydroxylation is 1. The van der Waals surface area contributed by atoms with Crippen LogP contribution in [0.4, 0.5) is 5.82 Å². The summed E-state index contributed by atoms with van der Waals surface area (Å²) < 4.78 is 5.37. The predicted octanol–water partition coefficient (Wildman–Crippen LogP) is 3.83. The van der Waals surface area contributed by atoms with E-state index >= 15 is 0 Å². The molecule has 7 heteroatoms. The van der Waals surface area contributed by atoms with E-state index in [-0.39, 0.29) is 6.10 Å². The fraction of sp³-hybridized carbons (Fsp3) is 0.400. The maximum absolute atomic E-state index is 5.37. The Balaban J connectivity index is 1.64. The second-order valence-electron chi connectivity index (χ2n) is 6.80. The topological polar surface area (TPSA) is 64.0 Å². The molecule has 3 aromatic rings. The van der Waals surface area contributed by atoms with Crippen molar-refractivity contribution in [2.45, 2.75) is 38.8 Å². The van der Waals surface area contributed by atoms with Crippen molar-refractivity contribution < 1.29 is 4.74 Å². The number of methoxy groups -OCH3 is 1. The van der Waals surface area contributed by atoms with Crippen LogP contribution in [0.3, 0.4) is 0 Å². The van der Waals surface area contributed by atoms with Gasteiger partial charge in [-0.05, 0) is 38.3 Å². The van der Waals surface area contributed by atoms with Crippen LogP contribution >= 0.6 is 11.3 Å². The molecule has 0 saturated heterocycles. The number of fused-ring (bicyclic) bond motifs is 1. The highest BCUT2D eigenvalue weighted by Crippen LogP contribution is 2.31. The summed E-state index contributed by atoms with van der Waals surface area (Å²) in [6, 6.07) is 3.92. The first-order chi connectivity index (χ1) is 13.2. The second kappa shape index (κ2) is 7.70. The Hall–Kier alpha value is -2.38. The van der Waals surface area contributed by atoms with E-state index in [4.69, 9.17) is 19.7 Å². The zero-order valence-corrected chi connectivity index (χ0v) is 16.7. The van der Waals surface area contributed by atoms with E-state index in [1.165, 1.54) is 11.3 Å². The van der Waals surface area contributed by atoms with Crippen LogP contribution in [0.2, 0.25) is 0 Å². The zero-order valence-electron chi connectivity index (χ0n) is 15.8. The predicted molar refractivity (Wildman–Crippen MR) is 107 cm³/mol. The van der Waals surface area contributed by atoms with Gasteiger partial charge < -0.3 is 9.64 Å². The summed E-state index contributed by atoms with van der Waals surface area (Å²) in [6.45, 7) is 2.73. The molecule has 1 aliphatic carbocycles. The fourth-order valence-electron chi connectivity index (χ4n) is 3.36. The number of hydrogen-bond donors (Lipinski definition) is 0. The van der Waals surface area contributed by atoms with Crippen LogP contribution < -0.4 is 4.90 Å². The largest absolute Gasteiger partial charge is 0.375 e. The number of aromatic nitrogens is 4. The van der Waals surface area contributed by atoms with E-state index in [9.17, 15) is 0 Å². The second-order valence-corrected chi connectivity index (χ2v) is 7.69. The highest BCUT2D eigenvalue weighted by Gasteiger charge is 2.22. The van der Waals surface area contributed by atoms with Crippen LogP contribution in [0.15, 0.2) is 29.9 Å². The molecule has 0 amide bonds. The van der Waals surface area contributed by atoms with E-state index in [1.54, 1.807) is 30.8 Å². The van der Waals surface area contributed by atoms with Crippen molar-refractivity contribution in [3.05, 3.63) is 51.9 Å². The summed E-state index contributed by atoms with van der Waals surface area (Å²) in [4.78, 5) is 20.7. The molecule has 0 radical (unpaired) electrons. The Kier molecular flexibility index (Phi) is 5.13. The number of rotatable bonds is 6. The van der Waals surface area contributed by atoms with Crippen LogP contribution in [-0.2, 0) is 24.1 Å². The summed E-state index contributed by atoms with van der Waals surface area (Å²) in [5.41, 5.74) is 4.48. The third kappa shape index (κ3) is 3.70. The number of ether oxygens (including phenoxy) is 1. The van der Waals surface area contributed by atoms with Crippen LogP contribution in [0.5, 0.6) is 0 Å². The van der Waals surface area contributed by atoms with Crippen molar-refractivity contribution in [3.8, 4) is 11.4 Å². The van der Waals surface area contributed by atoms with Crippen molar-refractivity contribution in [2.75, 3.05) is 19.1 Å². The lowest BCUT2D eigenvalue weighted by molar-refractivity contribution is 0.119. The maximum atomic E-state index is 5.37. The minimum atomic E-state index is 0.0237. The summed E-state index contributed by atoms with van der Waals surface area (Å²) >= 11 is 1.64. The molecule has 0 aliphatic heterocycles. The van der Waals surface area contributed by atoms with Gasteiger partial charge in [0.05, 0.1) is 12.2 Å². The van der Waals surface area contributed by atoms with Crippen LogP contribution in [-0.4, -0.2) is 34.1 Å². The lowest BCUT2D eigenvalue weighted by Crippen LogP contribution is -2.20. The van der Waals surface area contributed by atoms with Crippen molar-refractivity contribution in [1.82, 2.24) is 19.9 Å². The SMILES string of the molecule is COC(C)c1nc(CN(C)c2nc(-c3ccncc3)nc3c2CCC3)cs1. The molecule has 27 heavy (non-hydrogen) atoms. The van der Waals surface area contributed by atoms with Gasteiger partial charge >= 0.3 is 0 Å². The highest BCUT2D eigenvalue weighted by molar-refractivity contribution is 7.09. The molecular weight excluding hydrogens is 358 g/mol. The lowest BCUT2D eigenvalue weighted by atomic mass is 10.2. The summed E-state index contributed by atoms with van der Waals surface area (Å²) in [5, 5.41) is 3.11. The van der Waals surface area contributed by atoms with Gasteiger partial charge in [0.25, 0.3) is 0 Å². The van der Waals surface area contributed by atoms with E-state index in [0.717, 1.165) is 47.2 Å². The Morgan fingerprint density at radius 3 is 2.78 bits per heavy atom. The van der Waals surface area contributed by atoms with Gasteiger partial charge in [-0.2, -0.15) is 0 Å². The monoisotopic (exact) mass is 381 g/mol. The molecule has 0 saturated carbocycles. The van der Waals surface area contributed by atoms with Crippen molar-refractivity contribution in [3.63, 3.8) is 0 Å². The van der Waals surface area contributed by atoms with Gasteiger partial charge in [-0.1, -0.05) is 0 Å². The van der Waals surface area contributed by atoms with Crippen LogP contribution in [0.25, 0.3) is 11.4 Å². The lowest BCUT2D eigenvalue weighted by Gasteiger charge is -2.21. The number of nitrogens with zero attached hydrogens (tertiary/aromatic N) is 5. The summed E-state index contributed by atoms with van der Waals surface area (Å²) in [6.07, 6.45) is 6.77. The first kappa shape index (κ1) is 18.0. The Labute approximate surface area is 163 Å². The Morgan fingerprint density at radius 1 is 1.19 bits per heavy atom. The normalized spacial score (nSPS) is 14.2. The van der Waals surface area contributed by atoms with Crippen molar-refractivity contribution in [1.29, 1.82) is 0 Å². The molecule has 0 N–H and O–H groups in total. The molecule has 0 spiro atoms. The van der Waals surface area contributed by atoms with Gasteiger partial charge in [0, 0.05) is 48.8 Å². The average molecular weight is 382 g/mol. The van der Waals surface area contributed by atoms with Crippen molar-refractivity contribution in [2.24, 2.45) is 0 Å². The van der Waals surface area contributed by atoms with Crippen molar-refractivity contribution >= 4 is 17.2 Å². The highest BCUT2D eigenvalue weighted by atomic mass is 32.1. The van der Waals surface area contributed by atoms with E-state index in [1.807, 2.05) is 19.1 Å². The molecule has 0 aromatic carbocycles. The van der Waals surface area contributed by atoms with Gasteiger partial charge in [-0.15, -0.1) is 11.3 Å². The molecule has 6 nitrogen and oxygen atoms in total. The van der Waals surface area contributed by atoms with Gasteiger partial charge in [-0.3, -0.25) is 4.98 Å². The quantitative estimate of drug-likeness (QED) is 0.647. The number of anilines is 1. The van der Waals surface area contributed by atoms with Crippen LogP contribution in [0, 0.1) is 0 Å². The van der Waals surface area contributed by atoms with E-state index in [2.05, 4.69) is 22.3 Å². The maximum Gasteiger partial charge on any atom is 0.161 e. The Morgan fingerprint density at radius 2 is 2.00 bits per heavy atom. The molecule has 1 unspecified atom stereocenters.